The highest BCUT2D eigenvalue weighted by Gasteiger charge is 2.64. The van der Waals surface area contributed by atoms with Crippen LogP contribution in [0.4, 0.5) is 17.1 Å². The third-order valence-electron chi connectivity index (χ3n) is 7.70. The highest BCUT2D eigenvalue weighted by molar-refractivity contribution is 6.25. The number of hydrogen-bond acceptors (Lipinski definition) is 8. The van der Waals surface area contributed by atoms with Crippen molar-refractivity contribution in [2.45, 2.75) is 19.0 Å². The number of amides is 3. The lowest BCUT2D eigenvalue weighted by molar-refractivity contribution is -0.132. The molecule has 4 atom stereocenters. The monoisotopic (exact) mass is 553 g/mol. The minimum atomic E-state index is -0.992. The van der Waals surface area contributed by atoms with Crippen LogP contribution in [0.2, 0.25) is 0 Å². The van der Waals surface area contributed by atoms with Gasteiger partial charge in [0, 0.05) is 18.7 Å². The van der Waals surface area contributed by atoms with Crippen molar-refractivity contribution in [1.29, 1.82) is 0 Å². The Balaban J connectivity index is 1.40. The van der Waals surface area contributed by atoms with Crippen LogP contribution in [0.1, 0.15) is 12.5 Å². The predicted molar refractivity (Wildman–Crippen MR) is 151 cm³/mol. The minimum Gasteiger partial charge on any atom is -0.497 e. The summed E-state index contributed by atoms with van der Waals surface area (Å²) in [5.41, 5.74) is 2.38. The summed E-state index contributed by atoms with van der Waals surface area (Å²) < 4.78 is 15.9. The van der Waals surface area contributed by atoms with Crippen LogP contribution < -0.4 is 29.3 Å². The van der Waals surface area contributed by atoms with Crippen molar-refractivity contribution < 1.29 is 33.4 Å². The Morgan fingerprint density at radius 1 is 0.854 bits per heavy atom. The fourth-order valence-electron chi connectivity index (χ4n) is 6.02. The molecule has 0 aromatic heterocycles. The number of esters is 1. The summed E-state index contributed by atoms with van der Waals surface area (Å²) in [5, 5.41) is 2.93. The molecular formula is C31H27N3O7. The molecule has 0 spiro atoms. The first-order valence-electron chi connectivity index (χ1n) is 13.1. The van der Waals surface area contributed by atoms with Gasteiger partial charge in [0.15, 0.2) is 0 Å². The standard InChI is InChI=1S/C31H27N3O7/c1-17(35)41-20-11-9-19(10-12-20)33-30(37)26-24-14-8-18-6-4-5-7-23(18)34(24)28(27(26)31(33)38)29(36)32-22-16-21(39-2)13-15-25(22)40-3/h4-16,24,26-28H,1-3H3,(H,32,36)/t24-,26-,27+,28-/m0/s1. The van der Waals surface area contributed by atoms with Crippen LogP contribution in [-0.4, -0.2) is 50.0 Å². The van der Waals surface area contributed by atoms with E-state index in [0.29, 0.717) is 28.6 Å². The summed E-state index contributed by atoms with van der Waals surface area (Å²) in [6, 6.07) is 17.3. The molecule has 0 radical (unpaired) electrons. The lowest BCUT2D eigenvalue weighted by Crippen LogP contribution is -2.50. The van der Waals surface area contributed by atoms with E-state index < -0.39 is 47.6 Å². The molecule has 3 aliphatic rings. The van der Waals surface area contributed by atoms with Gasteiger partial charge in [0.05, 0.1) is 43.5 Å². The summed E-state index contributed by atoms with van der Waals surface area (Å²) in [7, 11) is 3.02. The summed E-state index contributed by atoms with van der Waals surface area (Å²) >= 11 is 0. The molecule has 2 fully saturated rings. The molecule has 1 N–H and O–H groups in total. The number of methoxy groups -OCH3 is 2. The Bertz CT molecular complexity index is 1600. The number of ether oxygens (including phenoxy) is 3. The summed E-state index contributed by atoms with van der Waals surface area (Å²) in [6.45, 7) is 1.29. The lowest BCUT2D eigenvalue weighted by atomic mass is 9.88. The highest BCUT2D eigenvalue weighted by Crippen LogP contribution is 2.49. The second kappa shape index (κ2) is 10.1. The van der Waals surface area contributed by atoms with Crippen LogP contribution in [0.3, 0.4) is 0 Å². The first kappa shape index (κ1) is 26.1. The predicted octanol–water partition coefficient (Wildman–Crippen LogP) is 3.66. The van der Waals surface area contributed by atoms with Crippen molar-refractivity contribution in [2.75, 3.05) is 29.3 Å². The van der Waals surface area contributed by atoms with E-state index >= 15 is 0 Å². The SMILES string of the molecule is COc1ccc(OC)c(NC(=O)[C@@H]2[C@@H]3C(=O)N(c4ccc(OC(C)=O)cc4)C(=O)[C@H]3[C@@H]3C=Cc4ccccc4N23)c1. The maximum atomic E-state index is 14.1. The number of anilines is 3. The van der Waals surface area contributed by atoms with E-state index in [9.17, 15) is 19.2 Å². The van der Waals surface area contributed by atoms with Crippen molar-refractivity contribution >= 4 is 46.8 Å². The van der Waals surface area contributed by atoms with Crippen molar-refractivity contribution in [3.63, 3.8) is 0 Å². The van der Waals surface area contributed by atoms with Crippen LogP contribution in [0.25, 0.3) is 6.08 Å². The fraction of sp³-hybridized carbons (Fsp3) is 0.226. The maximum absolute atomic E-state index is 14.1. The molecule has 208 valence electrons. The molecule has 0 saturated carbocycles. The van der Waals surface area contributed by atoms with Crippen LogP contribution in [0.5, 0.6) is 17.2 Å². The number of hydrogen-bond donors (Lipinski definition) is 1. The Morgan fingerprint density at radius 2 is 1.56 bits per heavy atom. The van der Waals surface area contributed by atoms with E-state index in [0.717, 1.165) is 16.2 Å². The normalized spacial score (nSPS) is 22.1. The minimum absolute atomic E-state index is 0.294. The van der Waals surface area contributed by atoms with Crippen molar-refractivity contribution in [3.05, 3.63) is 78.4 Å². The lowest BCUT2D eigenvalue weighted by Gasteiger charge is -2.36. The summed E-state index contributed by atoms with van der Waals surface area (Å²) in [6.07, 6.45) is 3.81. The van der Waals surface area contributed by atoms with Crippen molar-refractivity contribution in [1.82, 2.24) is 0 Å². The number of imide groups is 1. The molecule has 41 heavy (non-hydrogen) atoms. The highest BCUT2D eigenvalue weighted by atomic mass is 16.5. The van der Waals surface area contributed by atoms with Crippen LogP contribution in [-0.2, 0) is 19.2 Å². The second-order valence-corrected chi connectivity index (χ2v) is 9.97. The first-order chi connectivity index (χ1) is 19.8. The average molecular weight is 554 g/mol. The molecule has 10 heteroatoms. The molecule has 6 rings (SSSR count). The van der Waals surface area contributed by atoms with Gasteiger partial charge in [-0.05, 0) is 48.0 Å². The summed E-state index contributed by atoms with van der Waals surface area (Å²) in [5.74, 6) is -2.30. The van der Waals surface area contributed by atoms with E-state index in [2.05, 4.69) is 5.32 Å². The molecule has 3 aromatic rings. The van der Waals surface area contributed by atoms with E-state index in [4.69, 9.17) is 14.2 Å². The molecule has 3 amide bonds. The number of rotatable bonds is 6. The smallest absolute Gasteiger partial charge is 0.308 e. The van der Waals surface area contributed by atoms with Crippen molar-refractivity contribution in [2.24, 2.45) is 11.8 Å². The number of fused-ring (bicyclic) bond motifs is 5. The fourth-order valence-corrected chi connectivity index (χ4v) is 6.02. The van der Waals surface area contributed by atoms with E-state index in [1.807, 2.05) is 41.3 Å². The zero-order valence-corrected chi connectivity index (χ0v) is 22.6. The maximum Gasteiger partial charge on any atom is 0.308 e. The second-order valence-electron chi connectivity index (χ2n) is 9.97. The Kier molecular flexibility index (Phi) is 6.45. The Morgan fingerprint density at radius 3 is 2.27 bits per heavy atom. The molecule has 3 aromatic carbocycles. The van der Waals surface area contributed by atoms with Gasteiger partial charge in [-0.3, -0.25) is 19.2 Å². The molecule has 10 nitrogen and oxygen atoms in total. The summed E-state index contributed by atoms with van der Waals surface area (Å²) in [4.78, 5) is 56.4. The molecule has 3 aliphatic heterocycles. The van der Waals surface area contributed by atoms with Gasteiger partial charge < -0.3 is 24.4 Å². The topological polar surface area (TPSA) is 114 Å². The van der Waals surface area contributed by atoms with E-state index in [1.54, 1.807) is 30.3 Å². The van der Waals surface area contributed by atoms with Gasteiger partial charge in [0.2, 0.25) is 17.7 Å². The molecular weight excluding hydrogens is 526 g/mol. The number of para-hydroxylation sites is 1. The molecule has 0 aliphatic carbocycles. The number of nitrogens with one attached hydrogen (secondary N) is 1. The van der Waals surface area contributed by atoms with Gasteiger partial charge in [0.1, 0.15) is 23.3 Å². The molecule has 0 bridgehead atoms. The molecule has 3 heterocycles. The third kappa shape index (κ3) is 4.28. The van der Waals surface area contributed by atoms with Crippen LogP contribution in [0, 0.1) is 11.8 Å². The molecule has 0 unspecified atom stereocenters. The van der Waals surface area contributed by atoms with Gasteiger partial charge in [-0.15, -0.1) is 0 Å². The number of carbonyl (C=O) groups is 4. The van der Waals surface area contributed by atoms with Gasteiger partial charge >= 0.3 is 5.97 Å². The Labute approximate surface area is 236 Å². The van der Waals surface area contributed by atoms with Gasteiger partial charge in [0.25, 0.3) is 0 Å². The van der Waals surface area contributed by atoms with E-state index in [1.165, 1.54) is 33.3 Å². The molecule has 2 saturated heterocycles. The van der Waals surface area contributed by atoms with Crippen LogP contribution >= 0.6 is 0 Å². The number of carbonyl (C=O) groups excluding carboxylic acids is 4. The van der Waals surface area contributed by atoms with Crippen LogP contribution in [0.15, 0.2) is 72.8 Å². The zero-order valence-electron chi connectivity index (χ0n) is 22.6. The van der Waals surface area contributed by atoms with Gasteiger partial charge in [-0.2, -0.15) is 0 Å². The van der Waals surface area contributed by atoms with Crippen molar-refractivity contribution in [3.8, 4) is 17.2 Å². The third-order valence-corrected chi connectivity index (χ3v) is 7.70. The zero-order chi connectivity index (χ0) is 28.8. The number of nitrogens with zero attached hydrogens (tertiary/aromatic N) is 2. The van der Waals surface area contributed by atoms with Gasteiger partial charge in [-0.25, -0.2) is 4.90 Å². The largest absolute Gasteiger partial charge is 0.497 e. The quantitative estimate of drug-likeness (QED) is 0.280. The van der Waals surface area contributed by atoms with E-state index in [-0.39, 0.29) is 0 Å². The average Bonchev–Trinajstić information content (AvgIpc) is 3.45. The Hall–Kier alpha value is -5.12. The van der Waals surface area contributed by atoms with Gasteiger partial charge in [-0.1, -0.05) is 30.4 Å². The number of benzene rings is 3. The first-order valence-corrected chi connectivity index (χ1v) is 13.1.